The number of nitrogens with one attached hydrogen (secondary N) is 1. The summed E-state index contributed by atoms with van der Waals surface area (Å²) < 4.78 is 38.3. The quantitative estimate of drug-likeness (QED) is 0.628. The maximum absolute atomic E-state index is 13.8. The van der Waals surface area contributed by atoms with Gasteiger partial charge >= 0.3 is 6.03 Å². The van der Waals surface area contributed by atoms with Gasteiger partial charge in [0.25, 0.3) is 0 Å². The van der Waals surface area contributed by atoms with Crippen LogP contribution in [0.4, 0.5) is 14.9 Å². The Hall–Kier alpha value is -2.45. The fourth-order valence-electron chi connectivity index (χ4n) is 5.83. The number of hydrogen-bond donors (Lipinski definition) is 1. The van der Waals surface area contributed by atoms with E-state index in [9.17, 15) is 17.6 Å². The number of nitrogens with zero attached hydrogens (tertiary/aromatic N) is 2. The number of hydrogen-bond acceptors (Lipinski definition) is 4. The third kappa shape index (κ3) is 3.90. The van der Waals surface area contributed by atoms with Gasteiger partial charge in [0.05, 0.1) is 22.7 Å². The number of benzene rings is 2. The highest BCUT2D eigenvalue weighted by molar-refractivity contribution is 7.91. The predicted molar refractivity (Wildman–Crippen MR) is 130 cm³/mol. The Morgan fingerprint density at radius 2 is 1.65 bits per heavy atom. The van der Waals surface area contributed by atoms with Crippen molar-refractivity contribution in [3.8, 4) is 0 Å². The zero-order valence-electron chi connectivity index (χ0n) is 19.5. The number of amides is 2. The van der Waals surface area contributed by atoms with Crippen LogP contribution in [0.1, 0.15) is 44.1 Å². The highest BCUT2D eigenvalue weighted by atomic mass is 32.2. The molecule has 182 valence electrons. The number of para-hydroxylation sites is 1. The largest absolute Gasteiger partial charge is 0.325 e. The van der Waals surface area contributed by atoms with Gasteiger partial charge in [0.15, 0.2) is 6.01 Å². The maximum atomic E-state index is 13.8. The van der Waals surface area contributed by atoms with E-state index in [-0.39, 0.29) is 27.7 Å². The fraction of sp³-hybridized carbons (Fsp3) is 0.500. The van der Waals surface area contributed by atoms with Gasteiger partial charge in [-0.25, -0.2) is 17.6 Å². The van der Waals surface area contributed by atoms with Crippen LogP contribution in [0.3, 0.4) is 0 Å². The Kier molecular flexibility index (Phi) is 5.92. The van der Waals surface area contributed by atoms with Crippen LogP contribution in [-0.4, -0.2) is 51.0 Å². The molecule has 1 heterocycles. The first-order chi connectivity index (χ1) is 16.3. The highest BCUT2D eigenvalue weighted by Gasteiger charge is 2.55. The van der Waals surface area contributed by atoms with Crippen molar-refractivity contribution in [1.82, 2.24) is 10.2 Å². The van der Waals surface area contributed by atoms with Gasteiger partial charge in [-0.05, 0) is 69.2 Å². The zero-order valence-corrected chi connectivity index (χ0v) is 20.4. The second-order valence-corrected chi connectivity index (χ2v) is 11.9. The molecule has 5 rings (SSSR count). The van der Waals surface area contributed by atoms with Crippen molar-refractivity contribution in [1.29, 1.82) is 0 Å². The SMILES string of the molecule is CNC1(c2ccccc2)CCC2(CC1)CN(c1ccccc1S(=O)(=O)CF)C(=O)N2CC1CC1. The number of halogens is 1. The van der Waals surface area contributed by atoms with Crippen LogP contribution < -0.4 is 10.2 Å². The molecule has 1 N–H and O–H groups in total. The maximum Gasteiger partial charge on any atom is 0.325 e. The van der Waals surface area contributed by atoms with Gasteiger partial charge in [0, 0.05) is 12.1 Å². The summed E-state index contributed by atoms with van der Waals surface area (Å²) in [7, 11) is -2.11. The molecule has 2 aliphatic carbocycles. The van der Waals surface area contributed by atoms with Gasteiger partial charge in [-0.15, -0.1) is 0 Å². The molecule has 0 atom stereocenters. The van der Waals surface area contributed by atoms with Crippen LogP contribution in [0.2, 0.25) is 0 Å². The van der Waals surface area contributed by atoms with E-state index in [0.29, 0.717) is 19.0 Å². The van der Waals surface area contributed by atoms with Gasteiger partial charge in [0.1, 0.15) is 0 Å². The molecular formula is C26H32FN3O3S. The highest BCUT2D eigenvalue weighted by Crippen LogP contribution is 2.49. The van der Waals surface area contributed by atoms with E-state index in [4.69, 9.17) is 0 Å². The summed E-state index contributed by atoms with van der Waals surface area (Å²) in [6.45, 7) is 1.12. The predicted octanol–water partition coefficient (Wildman–Crippen LogP) is 4.47. The van der Waals surface area contributed by atoms with Crippen LogP contribution >= 0.6 is 0 Å². The van der Waals surface area contributed by atoms with E-state index in [1.54, 1.807) is 23.1 Å². The summed E-state index contributed by atoms with van der Waals surface area (Å²) in [6, 6.07) is 15.1. The lowest BCUT2D eigenvalue weighted by Gasteiger charge is -2.48. The Morgan fingerprint density at radius 1 is 1.00 bits per heavy atom. The van der Waals surface area contributed by atoms with Gasteiger partial charge in [-0.2, -0.15) is 0 Å². The molecule has 1 spiro atoms. The average Bonchev–Trinajstić information content (AvgIpc) is 3.67. The van der Waals surface area contributed by atoms with Crippen molar-refractivity contribution in [2.75, 3.05) is 31.0 Å². The van der Waals surface area contributed by atoms with Gasteiger partial charge in [-0.3, -0.25) is 4.90 Å². The van der Waals surface area contributed by atoms with Crippen molar-refractivity contribution < 1.29 is 17.6 Å². The third-order valence-electron chi connectivity index (χ3n) is 8.10. The lowest BCUT2D eigenvalue weighted by Crippen LogP contribution is -2.55. The first-order valence-corrected chi connectivity index (χ1v) is 13.7. The number of carbonyl (C=O) groups excluding carboxylic acids is 1. The summed E-state index contributed by atoms with van der Waals surface area (Å²) in [5.41, 5.74) is 1.03. The lowest BCUT2D eigenvalue weighted by atomic mass is 9.69. The molecular weight excluding hydrogens is 453 g/mol. The van der Waals surface area contributed by atoms with Crippen molar-refractivity contribution in [2.24, 2.45) is 5.92 Å². The lowest BCUT2D eigenvalue weighted by molar-refractivity contribution is 0.0762. The number of sulfone groups is 1. The molecule has 1 aliphatic heterocycles. The summed E-state index contributed by atoms with van der Waals surface area (Å²) in [5, 5.41) is 3.56. The molecule has 3 fully saturated rings. The minimum atomic E-state index is -4.11. The summed E-state index contributed by atoms with van der Waals surface area (Å²) >= 11 is 0. The summed E-state index contributed by atoms with van der Waals surface area (Å²) in [5.74, 6) is 0.510. The monoisotopic (exact) mass is 485 g/mol. The van der Waals surface area contributed by atoms with Gasteiger partial charge < -0.3 is 10.2 Å². The van der Waals surface area contributed by atoms with E-state index < -0.39 is 15.8 Å². The van der Waals surface area contributed by atoms with Crippen LogP contribution in [0, 0.1) is 5.92 Å². The minimum Gasteiger partial charge on any atom is -0.317 e. The molecule has 0 aromatic heterocycles. The average molecular weight is 486 g/mol. The Bertz CT molecular complexity index is 1160. The van der Waals surface area contributed by atoms with Crippen molar-refractivity contribution in [3.05, 3.63) is 60.2 Å². The van der Waals surface area contributed by atoms with Crippen LogP contribution in [0.5, 0.6) is 0 Å². The van der Waals surface area contributed by atoms with Crippen LogP contribution in [-0.2, 0) is 15.4 Å². The second kappa shape index (κ2) is 8.64. The van der Waals surface area contributed by atoms with E-state index in [0.717, 1.165) is 38.5 Å². The summed E-state index contributed by atoms with van der Waals surface area (Å²) in [6.07, 6.45) is 5.63. The van der Waals surface area contributed by atoms with Crippen molar-refractivity contribution >= 4 is 21.6 Å². The molecule has 34 heavy (non-hydrogen) atoms. The van der Waals surface area contributed by atoms with Crippen molar-refractivity contribution in [2.45, 2.75) is 54.5 Å². The molecule has 2 amide bonds. The molecule has 1 saturated heterocycles. The normalized spacial score (nSPS) is 27.5. The number of anilines is 1. The van der Waals surface area contributed by atoms with E-state index in [1.165, 1.54) is 11.6 Å². The summed E-state index contributed by atoms with van der Waals surface area (Å²) in [4.78, 5) is 17.2. The smallest absolute Gasteiger partial charge is 0.317 e. The number of rotatable bonds is 7. The Labute approximate surface area is 201 Å². The Morgan fingerprint density at radius 3 is 2.26 bits per heavy atom. The number of urea groups is 1. The molecule has 2 saturated carbocycles. The molecule has 6 nitrogen and oxygen atoms in total. The molecule has 3 aliphatic rings. The molecule has 0 radical (unpaired) electrons. The molecule has 2 aromatic rings. The number of alkyl halides is 1. The molecule has 0 unspecified atom stereocenters. The Balaban J connectivity index is 1.49. The van der Waals surface area contributed by atoms with Gasteiger partial charge in [-0.1, -0.05) is 42.5 Å². The molecule has 8 heteroatoms. The van der Waals surface area contributed by atoms with E-state index >= 15 is 0 Å². The standard InChI is InChI=1S/C26H32FN3O3S/c1-28-26(21-7-3-2-4-8-21)15-13-25(14-16-26)18-29(24(31)30(25)17-20-11-12-20)22-9-5-6-10-23(22)34(32,33)19-27/h2-10,20,28H,11-19H2,1H3. The van der Waals surface area contributed by atoms with Gasteiger partial charge in [0.2, 0.25) is 9.84 Å². The molecule has 0 bridgehead atoms. The van der Waals surface area contributed by atoms with E-state index in [1.807, 2.05) is 18.0 Å². The second-order valence-electron chi connectivity index (χ2n) is 10.0. The third-order valence-corrected chi connectivity index (χ3v) is 9.40. The first-order valence-electron chi connectivity index (χ1n) is 12.1. The fourth-order valence-corrected chi connectivity index (χ4v) is 6.73. The number of carbonyl (C=O) groups is 1. The first kappa shape index (κ1) is 23.3. The van der Waals surface area contributed by atoms with Crippen LogP contribution in [0.25, 0.3) is 0 Å². The minimum absolute atomic E-state index is 0.112. The zero-order chi connectivity index (χ0) is 24.0. The van der Waals surface area contributed by atoms with E-state index in [2.05, 4.69) is 29.6 Å². The topological polar surface area (TPSA) is 69.7 Å². The van der Waals surface area contributed by atoms with Crippen LogP contribution in [0.15, 0.2) is 59.5 Å². The molecule has 2 aromatic carbocycles. The van der Waals surface area contributed by atoms with Crippen molar-refractivity contribution in [3.63, 3.8) is 0 Å².